The molecule has 12 heteroatoms. The number of nitrogens with one attached hydrogen (secondary N) is 2. The van der Waals surface area contributed by atoms with Crippen LogP contribution in [0.25, 0.3) is 0 Å². The number of carbonyl (C=O) groups is 4. The summed E-state index contributed by atoms with van der Waals surface area (Å²) in [4.78, 5) is 56.3. The molecule has 0 saturated carbocycles. The van der Waals surface area contributed by atoms with E-state index in [1.54, 1.807) is 66.9 Å². The molecule has 0 bridgehead atoms. The number of thiophene rings is 1. The summed E-state index contributed by atoms with van der Waals surface area (Å²) >= 11 is 1.22. The van der Waals surface area contributed by atoms with Gasteiger partial charge in [-0.05, 0) is 88.9 Å². The van der Waals surface area contributed by atoms with Crippen molar-refractivity contribution in [1.29, 1.82) is 0 Å². The lowest BCUT2D eigenvalue weighted by atomic mass is 9.95. The predicted octanol–water partition coefficient (Wildman–Crippen LogP) is 6.93. The zero-order valence-electron chi connectivity index (χ0n) is 31.2. The van der Waals surface area contributed by atoms with Crippen LogP contribution in [0.1, 0.15) is 83.8 Å². The van der Waals surface area contributed by atoms with Gasteiger partial charge in [-0.2, -0.15) is 0 Å². The van der Waals surface area contributed by atoms with E-state index in [4.69, 9.17) is 18.9 Å². The molecule has 1 aliphatic rings. The SMILES string of the molecule is COc1ccc(CN2Cc3sc(NC(=O)C(=O)OC(C)(C)C)c(C(=O)OC(C)(C)C)c3CC2CNC(=O)c2ccccc2OCc2ccccc2)cc1. The van der Waals surface area contributed by atoms with Crippen molar-refractivity contribution in [1.82, 2.24) is 10.2 Å². The standard InChI is InChI=1S/C41H47N3O8S/c1-40(2,3)51-38(47)34-31-21-28(22-42-35(45)30-15-11-12-16-32(30)50-25-27-13-9-8-10-14-27)44(23-26-17-19-29(49-7)20-18-26)24-33(31)53-37(34)43-36(46)39(48)52-41(4,5)6/h8-20,28H,21-25H2,1-7H3,(H,42,45)(H,43,46). The smallest absolute Gasteiger partial charge is 0.397 e. The number of ether oxygens (including phenoxy) is 4. The second-order valence-corrected chi connectivity index (χ2v) is 15.9. The molecule has 1 unspecified atom stereocenters. The minimum atomic E-state index is -1.06. The summed E-state index contributed by atoms with van der Waals surface area (Å²) in [6.07, 6.45) is 0.352. The first-order valence-corrected chi connectivity index (χ1v) is 18.2. The van der Waals surface area contributed by atoms with Gasteiger partial charge < -0.3 is 29.6 Å². The summed E-state index contributed by atoms with van der Waals surface area (Å²) in [5.74, 6) is -1.77. The van der Waals surface area contributed by atoms with Crippen LogP contribution in [0.4, 0.5) is 5.00 Å². The normalized spacial score (nSPS) is 14.4. The summed E-state index contributed by atoms with van der Waals surface area (Å²) in [5.41, 5.74) is 1.58. The predicted molar refractivity (Wildman–Crippen MR) is 203 cm³/mol. The van der Waals surface area contributed by atoms with E-state index in [1.165, 1.54) is 11.3 Å². The average Bonchev–Trinajstić information content (AvgIpc) is 3.45. The molecule has 2 heterocycles. The number of anilines is 1. The maximum atomic E-state index is 13.8. The van der Waals surface area contributed by atoms with Gasteiger partial charge in [0, 0.05) is 30.6 Å². The number of esters is 2. The number of carbonyl (C=O) groups excluding carboxylic acids is 4. The molecule has 280 valence electrons. The number of para-hydroxylation sites is 1. The third kappa shape index (κ3) is 10.7. The number of benzene rings is 3. The zero-order valence-corrected chi connectivity index (χ0v) is 32.1. The zero-order chi connectivity index (χ0) is 38.3. The Hall–Kier alpha value is -5.20. The minimum Gasteiger partial charge on any atom is -0.497 e. The van der Waals surface area contributed by atoms with Gasteiger partial charge in [-0.3, -0.25) is 14.5 Å². The number of nitrogens with zero attached hydrogens (tertiary/aromatic N) is 1. The van der Waals surface area contributed by atoms with Gasteiger partial charge in [0.05, 0.1) is 18.2 Å². The van der Waals surface area contributed by atoms with Gasteiger partial charge in [0.1, 0.15) is 34.3 Å². The molecule has 1 aliphatic heterocycles. The van der Waals surface area contributed by atoms with Crippen molar-refractivity contribution in [2.45, 2.75) is 84.9 Å². The summed E-state index contributed by atoms with van der Waals surface area (Å²) in [7, 11) is 1.61. The monoisotopic (exact) mass is 741 g/mol. The summed E-state index contributed by atoms with van der Waals surface area (Å²) in [5, 5.41) is 5.96. The van der Waals surface area contributed by atoms with Crippen molar-refractivity contribution in [3.8, 4) is 11.5 Å². The highest BCUT2D eigenvalue weighted by atomic mass is 32.1. The fourth-order valence-corrected chi connectivity index (χ4v) is 7.06. The number of methoxy groups -OCH3 is 1. The van der Waals surface area contributed by atoms with Gasteiger partial charge in [-0.25, -0.2) is 9.59 Å². The van der Waals surface area contributed by atoms with Crippen molar-refractivity contribution in [3.63, 3.8) is 0 Å². The molecular formula is C41H47N3O8S. The fraction of sp³-hybridized carbons (Fsp3) is 0.366. The molecule has 53 heavy (non-hydrogen) atoms. The summed E-state index contributed by atoms with van der Waals surface area (Å²) in [6, 6.07) is 24.3. The maximum Gasteiger partial charge on any atom is 0.397 e. The van der Waals surface area contributed by atoms with Crippen LogP contribution in [-0.4, -0.2) is 59.6 Å². The second kappa shape index (κ2) is 16.6. The Morgan fingerprint density at radius 2 is 1.49 bits per heavy atom. The van der Waals surface area contributed by atoms with Crippen LogP contribution in [0.2, 0.25) is 0 Å². The lowest BCUT2D eigenvalue weighted by Crippen LogP contribution is -2.47. The molecule has 0 aliphatic carbocycles. The quantitative estimate of drug-likeness (QED) is 0.124. The van der Waals surface area contributed by atoms with Crippen LogP contribution in [-0.2, 0) is 45.2 Å². The van der Waals surface area contributed by atoms with Crippen LogP contribution in [0, 0.1) is 0 Å². The van der Waals surface area contributed by atoms with Crippen molar-refractivity contribution in [2.75, 3.05) is 19.0 Å². The van der Waals surface area contributed by atoms with Gasteiger partial charge in [0.15, 0.2) is 0 Å². The van der Waals surface area contributed by atoms with Gasteiger partial charge in [-0.1, -0.05) is 54.6 Å². The van der Waals surface area contributed by atoms with Crippen LogP contribution in [0.5, 0.6) is 11.5 Å². The lowest BCUT2D eigenvalue weighted by molar-refractivity contribution is -0.161. The molecule has 1 atom stereocenters. The Labute approximate surface area is 314 Å². The van der Waals surface area contributed by atoms with Crippen LogP contribution >= 0.6 is 11.3 Å². The number of fused-ring (bicyclic) bond motifs is 1. The average molecular weight is 742 g/mol. The number of hydrogen-bond donors (Lipinski definition) is 2. The van der Waals surface area contributed by atoms with E-state index < -0.39 is 29.0 Å². The van der Waals surface area contributed by atoms with Crippen molar-refractivity contribution in [2.24, 2.45) is 0 Å². The summed E-state index contributed by atoms with van der Waals surface area (Å²) in [6.45, 7) is 11.8. The molecule has 4 aromatic rings. The van der Waals surface area contributed by atoms with Gasteiger partial charge in [0.2, 0.25) is 0 Å². The lowest BCUT2D eigenvalue weighted by Gasteiger charge is -2.36. The first-order chi connectivity index (χ1) is 25.1. The Morgan fingerprint density at radius 3 is 2.15 bits per heavy atom. The maximum absolute atomic E-state index is 13.8. The van der Waals surface area contributed by atoms with E-state index >= 15 is 0 Å². The van der Waals surface area contributed by atoms with Gasteiger partial charge >= 0.3 is 17.8 Å². The molecular weight excluding hydrogens is 695 g/mol. The Balaban J connectivity index is 1.44. The molecule has 0 spiro atoms. The van der Waals surface area contributed by atoms with E-state index in [2.05, 4.69) is 15.5 Å². The molecule has 0 radical (unpaired) electrons. The highest BCUT2D eigenvalue weighted by Gasteiger charge is 2.36. The minimum absolute atomic E-state index is 0.192. The number of rotatable bonds is 11. The second-order valence-electron chi connectivity index (χ2n) is 14.8. The molecule has 2 N–H and O–H groups in total. The first-order valence-electron chi connectivity index (χ1n) is 17.4. The van der Waals surface area contributed by atoms with Crippen LogP contribution in [0.3, 0.4) is 0 Å². The van der Waals surface area contributed by atoms with E-state index in [0.717, 1.165) is 21.8 Å². The largest absolute Gasteiger partial charge is 0.497 e. The number of amides is 2. The van der Waals surface area contributed by atoms with Gasteiger partial charge in [0.25, 0.3) is 5.91 Å². The fourth-order valence-electron chi connectivity index (χ4n) is 5.82. The Morgan fingerprint density at radius 1 is 0.830 bits per heavy atom. The third-order valence-corrected chi connectivity index (χ3v) is 9.35. The van der Waals surface area contributed by atoms with E-state index in [1.807, 2.05) is 60.7 Å². The molecule has 11 nitrogen and oxygen atoms in total. The number of hydrogen-bond acceptors (Lipinski definition) is 10. The van der Waals surface area contributed by atoms with E-state index in [-0.39, 0.29) is 29.1 Å². The molecule has 5 rings (SSSR count). The van der Waals surface area contributed by atoms with E-state index in [0.29, 0.717) is 43.0 Å². The highest BCUT2D eigenvalue weighted by Crippen LogP contribution is 2.40. The third-order valence-electron chi connectivity index (χ3n) is 8.22. The molecule has 0 saturated heterocycles. The van der Waals surface area contributed by atoms with Crippen molar-refractivity contribution in [3.05, 3.63) is 112 Å². The Kier molecular flexibility index (Phi) is 12.3. The van der Waals surface area contributed by atoms with E-state index in [9.17, 15) is 19.2 Å². The molecule has 2 amide bonds. The molecule has 0 fully saturated rings. The van der Waals surface area contributed by atoms with Crippen molar-refractivity contribution >= 4 is 40.1 Å². The van der Waals surface area contributed by atoms with Crippen molar-refractivity contribution < 1.29 is 38.1 Å². The topological polar surface area (TPSA) is 132 Å². The molecule has 1 aromatic heterocycles. The van der Waals surface area contributed by atoms with Crippen LogP contribution in [0.15, 0.2) is 78.9 Å². The molecule has 3 aromatic carbocycles. The Bertz CT molecular complexity index is 1930. The highest BCUT2D eigenvalue weighted by molar-refractivity contribution is 7.17. The van der Waals surface area contributed by atoms with Crippen LogP contribution < -0.4 is 20.1 Å². The summed E-state index contributed by atoms with van der Waals surface area (Å²) < 4.78 is 22.5. The van der Waals surface area contributed by atoms with Gasteiger partial charge in [-0.15, -0.1) is 11.3 Å². The first kappa shape index (κ1) is 39.0.